The van der Waals surface area contributed by atoms with E-state index in [0.29, 0.717) is 10.6 Å². The van der Waals surface area contributed by atoms with Crippen LogP contribution in [0.3, 0.4) is 0 Å². The zero-order valence-electron chi connectivity index (χ0n) is 15.7. The van der Waals surface area contributed by atoms with Gasteiger partial charge in [-0.3, -0.25) is 9.59 Å². The van der Waals surface area contributed by atoms with E-state index in [1.54, 1.807) is 30.3 Å². The summed E-state index contributed by atoms with van der Waals surface area (Å²) in [5.74, 6) is -8.08. The number of amides is 1. The molecule has 0 saturated heterocycles. The molecule has 1 atom stereocenters. The minimum Gasteiger partial charge on any atom is -0.462 e. The Kier molecular flexibility index (Phi) is 7.84. The molecule has 1 N–H and O–H groups in total. The molecule has 0 aromatic heterocycles. The number of carbonyl (C=O) groups is 3. The number of halogens is 3. The molecule has 1 unspecified atom stereocenters. The second-order valence-corrected chi connectivity index (χ2v) is 6.71. The van der Waals surface area contributed by atoms with Crippen molar-refractivity contribution in [3.8, 4) is 0 Å². The number of hydrogen-bond donors (Lipinski definition) is 1. The Hall–Kier alpha value is -2.80. The molecule has 0 heterocycles. The lowest BCUT2D eigenvalue weighted by Crippen LogP contribution is -2.40. The zero-order valence-corrected chi connectivity index (χ0v) is 16.4. The molecule has 2 rings (SSSR count). The molecule has 0 spiro atoms. The van der Waals surface area contributed by atoms with Crippen LogP contribution in [0.2, 0.25) is 5.02 Å². The third-order valence-corrected chi connectivity index (χ3v) is 4.37. The highest BCUT2D eigenvalue weighted by Gasteiger charge is 2.44. The number of Topliss-reactive ketones (excluding diaryl/α,β-unsaturated/α-hetero) is 1. The highest BCUT2D eigenvalue weighted by molar-refractivity contribution is 6.30. The molecule has 5 nitrogen and oxygen atoms in total. The van der Waals surface area contributed by atoms with Crippen molar-refractivity contribution in [3.05, 3.63) is 70.7 Å². The van der Waals surface area contributed by atoms with E-state index in [0.717, 1.165) is 0 Å². The molecule has 0 aliphatic carbocycles. The standard InChI is InChI=1S/C21H20ClF2NO4/c1-2-29-20(28)21(23,24)12-16(18(26)14-8-10-17(22)11-9-14)13-25-19(27)15-6-4-3-5-7-15/h3-11,16H,2,12-13H2,1H3,(H,25,27). The van der Waals surface area contributed by atoms with E-state index in [1.165, 1.54) is 31.2 Å². The molecule has 154 valence electrons. The lowest BCUT2D eigenvalue weighted by Gasteiger charge is -2.22. The fraction of sp³-hybridized carbons (Fsp3) is 0.286. The number of esters is 1. The van der Waals surface area contributed by atoms with Gasteiger partial charge in [0.05, 0.1) is 6.61 Å². The Morgan fingerprint density at radius 2 is 1.66 bits per heavy atom. The van der Waals surface area contributed by atoms with Gasteiger partial charge in [-0.1, -0.05) is 29.8 Å². The monoisotopic (exact) mass is 423 g/mol. The van der Waals surface area contributed by atoms with Crippen LogP contribution in [-0.2, 0) is 9.53 Å². The van der Waals surface area contributed by atoms with Crippen LogP contribution >= 0.6 is 11.6 Å². The van der Waals surface area contributed by atoms with Gasteiger partial charge in [0.1, 0.15) is 0 Å². The van der Waals surface area contributed by atoms with Crippen molar-refractivity contribution in [1.82, 2.24) is 5.32 Å². The third-order valence-electron chi connectivity index (χ3n) is 4.12. The fourth-order valence-corrected chi connectivity index (χ4v) is 2.77. The van der Waals surface area contributed by atoms with Gasteiger partial charge >= 0.3 is 11.9 Å². The molecular weight excluding hydrogens is 404 g/mol. The summed E-state index contributed by atoms with van der Waals surface area (Å²) in [5, 5.41) is 2.87. The van der Waals surface area contributed by atoms with Crippen molar-refractivity contribution in [3.63, 3.8) is 0 Å². The molecule has 0 bridgehead atoms. The predicted octanol–water partition coefficient (Wildman–Crippen LogP) is 4.16. The van der Waals surface area contributed by atoms with Crippen LogP contribution in [0.25, 0.3) is 0 Å². The van der Waals surface area contributed by atoms with E-state index in [9.17, 15) is 23.2 Å². The molecule has 0 aliphatic rings. The van der Waals surface area contributed by atoms with Gasteiger partial charge in [0, 0.05) is 35.0 Å². The second-order valence-electron chi connectivity index (χ2n) is 6.27. The van der Waals surface area contributed by atoms with Crippen molar-refractivity contribution >= 4 is 29.3 Å². The second kappa shape index (κ2) is 10.1. The van der Waals surface area contributed by atoms with Crippen LogP contribution in [0, 0.1) is 5.92 Å². The minimum absolute atomic E-state index is 0.146. The van der Waals surface area contributed by atoms with E-state index >= 15 is 0 Å². The van der Waals surface area contributed by atoms with Gasteiger partial charge in [0.25, 0.3) is 5.91 Å². The van der Waals surface area contributed by atoms with Gasteiger partial charge in [0.2, 0.25) is 0 Å². The Bertz CT molecular complexity index is 857. The fourth-order valence-electron chi connectivity index (χ4n) is 2.64. The van der Waals surface area contributed by atoms with Crippen molar-refractivity contribution in [2.75, 3.05) is 13.2 Å². The number of carbonyl (C=O) groups excluding carboxylic acids is 3. The smallest absolute Gasteiger partial charge is 0.376 e. The van der Waals surface area contributed by atoms with Crippen LogP contribution in [0.1, 0.15) is 34.1 Å². The van der Waals surface area contributed by atoms with Gasteiger partial charge in [0.15, 0.2) is 5.78 Å². The van der Waals surface area contributed by atoms with E-state index in [4.69, 9.17) is 11.6 Å². The molecule has 0 saturated carbocycles. The van der Waals surface area contributed by atoms with Crippen molar-refractivity contribution in [1.29, 1.82) is 0 Å². The van der Waals surface area contributed by atoms with Crippen LogP contribution in [0.15, 0.2) is 54.6 Å². The zero-order chi connectivity index (χ0) is 21.4. The van der Waals surface area contributed by atoms with Crippen LogP contribution in [-0.4, -0.2) is 36.7 Å². The van der Waals surface area contributed by atoms with Gasteiger partial charge in [-0.2, -0.15) is 8.78 Å². The highest BCUT2D eigenvalue weighted by atomic mass is 35.5. The molecule has 8 heteroatoms. The van der Waals surface area contributed by atoms with E-state index < -0.39 is 35.9 Å². The minimum atomic E-state index is -3.87. The summed E-state index contributed by atoms with van der Waals surface area (Å²) in [6.45, 7) is 0.823. The normalized spacial score (nSPS) is 12.1. The van der Waals surface area contributed by atoms with Gasteiger partial charge < -0.3 is 10.1 Å². The largest absolute Gasteiger partial charge is 0.462 e. The van der Waals surface area contributed by atoms with Crippen LogP contribution < -0.4 is 5.32 Å². The number of ether oxygens (including phenoxy) is 1. The number of ketones is 1. The molecule has 2 aromatic rings. The molecular formula is C21H20ClF2NO4. The van der Waals surface area contributed by atoms with Gasteiger partial charge in [-0.05, 0) is 43.3 Å². The average molecular weight is 424 g/mol. The van der Waals surface area contributed by atoms with Crippen LogP contribution in [0.5, 0.6) is 0 Å². The summed E-state index contributed by atoms with van der Waals surface area (Å²) in [6, 6.07) is 13.9. The Morgan fingerprint density at radius 1 is 1.03 bits per heavy atom. The molecule has 1 amide bonds. The summed E-state index contributed by atoms with van der Waals surface area (Å²) in [4.78, 5) is 36.6. The maximum absolute atomic E-state index is 14.3. The lowest BCUT2D eigenvalue weighted by atomic mass is 9.91. The third kappa shape index (κ3) is 6.35. The first-order valence-corrected chi connectivity index (χ1v) is 9.30. The molecule has 0 fully saturated rings. The van der Waals surface area contributed by atoms with E-state index in [2.05, 4.69) is 10.1 Å². The highest BCUT2D eigenvalue weighted by Crippen LogP contribution is 2.27. The number of hydrogen-bond acceptors (Lipinski definition) is 4. The Morgan fingerprint density at radius 3 is 2.24 bits per heavy atom. The maximum atomic E-state index is 14.3. The summed E-state index contributed by atoms with van der Waals surface area (Å²) in [5.41, 5.74) is 0.468. The predicted molar refractivity (Wildman–Crippen MR) is 104 cm³/mol. The lowest BCUT2D eigenvalue weighted by molar-refractivity contribution is -0.173. The van der Waals surface area contributed by atoms with Gasteiger partial charge in [-0.15, -0.1) is 0 Å². The number of alkyl halides is 2. The number of benzene rings is 2. The SMILES string of the molecule is CCOC(=O)C(F)(F)CC(CNC(=O)c1ccccc1)C(=O)c1ccc(Cl)cc1. The molecule has 0 radical (unpaired) electrons. The Labute approximate surface area is 172 Å². The Balaban J connectivity index is 2.20. The van der Waals surface area contributed by atoms with Crippen molar-refractivity contribution < 1.29 is 27.9 Å². The van der Waals surface area contributed by atoms with Crippen LogP contribution in [0.4, 0.5) is 8.78 Å². The summed E-state index contributed by atoms with van der Waals surface area (Å²) >= 11 is 5.80. The van der Waals surface area contributed by atoms with E-state index in [-0.39, 0.29) is 18.7 Å². The van der Waals surface area contributed by atoms with Gasteiger partial charge in [-0.25, -0.2) is 4.79 Å². The first-order chi connectivity index (χ1) is 13.7. The summed E-state index contributed by atoms with van der Waals surface area (Å²) < 4.78 is 33.0. The summed E-state index contributed by atoms with van der Waals surface area (Å²) in [7, 11) is 0. The average Bonchev–Trinajstić information content (AvgIpc) is 2.71. The van der Waals surface area contributed by atoms with E-state index in [1.807, 2.05) is 0 Å². The first kappa shape index (κ1) is 22.5. The number of nitrogens with one attached hydrogen (secondary N) is 1. The first-order valence-electron chi connectivity index (χ1n) is 8.92. The maximum Gasteiger partial charge on any atom is 0.376 e. The molecule has 29 heavy (non-hydrogen) atoms. The topological polar surface area (TPSA) is 72.5 Å². The summed E-state index contributed by atoms with van der Waals surface area (Å²) in [6.07, 6.45) is -1.09. The van der Waals surface area contributed by atoms with Crippen molar-refractivity contribution in [2.45, 2.75) is 19.3 Å². The quantitative estimate of drug-likeness (QED) is 0.485. The number of rotatable bonds is 9. The van der Waals surface area contributed by atoms with Crippen molar-refractivity contribution in [2.24, 2.45) is 5.92 Å². The molecule has 2 aromatic carbocycles. The molecule has 0 aliphatic heterocycles.